The van der Waals surface area contributed by atoms with Gasteiger partial charge in [-0.25, -0.2) is 0 Å². The highest BCUT2D eigenvalue weighted by Crippen LogP contribution is 2.21. The maximum absolute atomic E-state index is 12.2. The molecule has 0 aliphatic heterocycles. The van der Waals surface area contributed by atoms with Crippen molar-refractivity contribution in [1.82, 2.24) is 10.3 Å². The number of aromatic nitrogens is 1. The first-order valence-corrected chi connectivity index (χ1v) is 6.56. The van der Waals surface area contributed by atoms with Crippen molar-refractivity contribution in [2.24, 2.45) is 5.73 Å². The van der Waals surface area contributed by atoms with E-state index in [-0.39, 0.29) is 30.2 Å². The predicted molar refractivity (Wildman–Crippen MR) is 89.1 cm³/mol. The maximum Gasteiger partial charge on any atom is 0.270 e. The van der Waals surface area contributed by atoms with Gasteiger partial charge in [0.2, 0.25) is 5.56 Å². The summed E-state index contributed by atoms with van der Waals surface area (Å²) < 4.78 is 0. The van der Waals surface area contributed by atoms with Crippen LogP contribution in [0, 0.1) is 10.1 Å². The summed E-state index contributed by atoms with van der Waals surface area (Å²) in [6.45, 7) is 3.69. The zero-order valence-corrected chi connectivity index (χ0v) is 13.4. The van der Waals surface area contributed by atoms with Crippen LogP contribution in [-0.4, -0.2) is 27.9 Å². The molecule has 8 nitrogen and oxygen atoms in total. The molecule has 0 bridgehead atoms. The van der Waals surface area contributed by atoms with Crippen LogP contribution in [-0.2, 0) is 0 Å². The van der Waals surface area contributed by atoms with Gasteiger partial charge in [0.15, 0.2) is 0 Å². The molecule has 1 heterocycles. The van der Waals surface area contributed by atoms with Crippen LogP contribution in [0.25, 0.3) is 10.9 Å². The number of H-pyrrole nitrogens is 1. The third kappa shape index (κ3) is 4.51. The second kappa shape index (κ2) is 6.76. The van der Waals surface area contributed by atoms with E-state index in [2.05, 4.69) is 10.3 Å². The minimum absolute atomic E-state index is 0. The number of nitrogens with zero attached hydrogens (tertiary/aromatic N) is 1. The Morgan fingerprint density at radius 2 is 2.04 bits per heavy atom. The summed E-state index contributed by atoms with van der Waals surface area (Å²) >= 11 is 0. The van der Waals surface area contributed by atoms with E-state index in [0.717, 1.165) is 6.07 Å². The number of nitrogens with one attached hydrogen (secondary N) is 2. The summed E-state index contributed by atoms with van der Waals surface area (Å²) in [7, 11) is 0. The van der Waals surface area contributed by atoms with Gasteiger partial charge in [-0.1, -0.05) is 0 Å². The van der Waals surface area contributed by atoms with E-state index >= 15 is 0 Å². The number of carbonyl (C=O) groups excluding carboxylic acids is 1. The van der Waals surface area contributed by atoms with Crippen molar-refractivity contribution in [2.45, 2.75) is 19.4 Å². The summed E-state index contributed by atoms with van der Waals surface area (Å²) in [5, 5.41) is 13.8. The highest BCUT2D eigenvalue weighted by molar-refractivity contribution is 6.06. The van der Waals surface area contributed by atoms with Crippen molar-refractivity contribution in [2.75, 3.05) is 6.54 Å². The Balaban J connectivity index is 0.00000264. The van der Waals surface area contributed by atoms with Crippen molar-refractivity contribution in [3.63, 3.8) is 0 Å². The maximum atomic E-state index is 12.2. The Bertz CT molecular complexity index is 811. The topological polar surface area (TPSA) is 131 Å². The fourth-order valence-corrected chi connectivity index (χ4v) is 1.95. The van der Waals surface area contributed by atoms with Gasteiger partial charge >= 0.3 is 0 Å². The Morgan fingerprint density at radius 1 is 1.39 bits per heavy atom. The van der Waals surface area contributed by atoms with E-state index in [1.165, 1.54) is 18.2 Å². The highest BCUT2D eigenvalue weighted by atomic mass is 35.5. The summed E-state index contributed by atoms with van der Waals surface area (Å²) in [6, 6.07) is 5.04. The van der Waals surface area contributed by atoms with Crippen LogP contribution in [0.5, 0.6) is 0 Å². The number of aromatic amines is 1. The molecule has 2 aromatic rings. The van der Waals surface area contributed by atoms with Crippen LogP contribution in [0.3, 0.4) is 0 Å². The van der Waals surface area contributed by atoms with Crippen LogP contribution < -0.4 is 16.6 Å². The molecule has 0 radical (unpaired) electrons. The smallest absolute Gasteiger partial charge is 0.270 e. The van der Waals surface area contributed by atoms with Gasteiger partial charge in [0.1, 0.15) is 0 Å². The molecule has 1 aromatic heterocycles. The average Bonchev–Trinajstić information content (AvgIpc) is 2.42. The SMILES string of the molecule is CC(C)(N)CNC(=O)c1cc(=O)[nH]c2ccc([N+](=O)[O-])cc12.Cl. The number of hydrogen-bond acceptors (Lipinski definition) is 5. The lowest BCUT2D eigenvalue weighted by Crippen LogP contribution is -2.45. The number of rotatable bonds is 4. The molecular weight excluding hydrogens is 324 g/mol. The Morgan fingerprint density at radius 3 is 2.61 bits per heavy atom. The van der Waals surface area contributed by atoms with Gasteiger partial charge in [-0.3, -0.25) is 19.7 Å². The lowest BCUT2D eigenvalue weighted by atomic mass is 10.1. The number of nitro benzene ring substituents is 1. The van der Waals surface area contributed by atoms with E-state index in [1.807, 2.05) is 0 Å². The molecule has 1 aromatic carbocycles. The van der Waals surface area contributed by atoms with Crippen molar-refractivity contribution in [3.8, 4) is 0 Å². The first-order valence-electron chi connectivity index (χ1n) is 6.56. The van der Waals surface area contributed by atoms with Gasteiger partial charge in [0, 0.05) is 41.2 Å². The van der Waals surface area contributed by atoms with E-state index < -0.39 is 21.9 Å². The monoisotopic (exact) mass is 340 g/mol. The minimum Gasteiger partial charge on any atom is -0.350 e. The molecule has 0 atom stereocenters. The number of carbonyl (C=O) groups is 1. The molecule has 0 aliphatic rings. The lowest BCUT2D eigenvalue weighted by Gasteiger charge is -2.19. The first kappa shape index (κ1) is 18.6. The summed E-state index contributed by atoms with van der Waals surface area (Å²) in [5.41, 5.74) is 5.00. The number of nitrogens with two attached hydrogens (primary N) is 1. The standard InChI is InChI=1S/C14H16N4O4.ClH/c1-14(2,15)7-16-13(20)10-6-12(19)17-11-4-3-8(18(21)22)5-9(10)11;/h3-6H,7,15H2,1-2H3,(H,16,20)(H,17,19);1H. The minimum atomic E-state index is -0.612. The average molecular weight is 341 g/mol. The number of hydrogen-bond donors (Lipinski definition) is 3. The molecule has 2 rings (SSSR count). The predicted octanol–water partition coefficient (Wildman–Crippen LogP) is 1.33. The number of benzene rings is 1. The van der Waals surface area contributed by atoms with Crippen LogP contribution in [0.15, 0.2) is 29.1 Å². The summed E-state index contributed by atoms with van der Waals surface area (Å²) in [6.07, 6.45) is 0. The van der Waals surface area contributed by atoms with E-state index in [9.17, 15) is 19.7 Å². The second-order valence-electron chi connectivity index (χ2n) is 5.71. The largest absolute Gasteiger partial charge is 0.350 e. The van der Waals surface area contributed by atoms with E-state index in [0.29, 0.717) is 10.9 Å². The van der Waals surface area contributed by atoms with Crippen LogP contribution >= 0.6 is 12.4 Å². The third-order valence-corrected chi connectivity index (χ3v) is 2.99. The fourth-order valence-electron chi connectivity index (χ4n) is 1.95. The molecular formula is C14H17ClN4O4. The van der Waals surface area contributed by atoms with Gasteiger partial charge in [-0.2, -0.15) is 0 Å². The molecule has 0 aliphatic carbocycles. The third-order valence-electron chi connectivity index (χ3n) is 2.99. The summed E-state index contributed by atoms with van der Waals surface area (Å²) in [4.78, 5) is 36.7. The van der Waals surface area contributed by atoms with Crippen molar-refractivity contribution in [3.05, 3.63) is 50.3 Å². The number of fused-ring (bicyclic) bond motifs is 1. The normalized spacial score (nSPS) is 10.9. The van der Waals surface area contributed by atoms with Crippen molar-refractivity contribution < 1.29 is 9.72 Å². The van der Waals surface area contributed by atoms with Gasteiger partial charge in [-0.15, -0.1) is 12.4 Å². The number of pyridine rings is 1. The van der Waals surface area contributed by atoms with E-state index in [1.54, 1.807) is 13.8 Å². The van der Waals surface area contributed by atoms with Gasteiger partial charge in [0.05, 0.1) is 10.5 Å². The molecule has 1 amide bonds. The molecule has 0 saturated carbocycles. The van der Waals surface area contributed by atoms with Crippen LogP contribution in [0.1, 0.15) is 24.2 Å². The number of nitro groups is 1. The Kier molecular flexibility index (Phi) is 5.46. The number of halogens is 1. The van der Waals surface area contributed by atoms with Crippen molar-refractivity contribution >= 4 is 34.9 Å². The molecule has 23 heavy (non-hydrogen) atoms. The first-order chi connectivity index (χ1) is 10.2. The lowest BCUT2D eigenvalue weighted by molar-refractivity contribution is -0.384. The van der Waals surface area contributed by atoms with Crippen LogP contribution in [0.4, 0.5) is 5.69 Å². The van der Waals surface area contributed by atoms with Gasteiger partial charge in [0.25, 0.3) is 11.6 Å². The van der Waals surface area contributed by atoms with E-state index in [4.69, 9.17) is 5.73 Å². The molecule has 0 fully saturated rings. The summed E-state index contributed by atoms with van der Waals surface area (Å²) in [5.74, 6) is -0.505. The zero-order valence-electron chi connectivity index (χ0n) is 12.6. The number of non-ortho nitro benzene ring substituents is 1. The van der Waals surface area contributed by atoms with Crippen LogP contribution in [0.2, 0.25) is 0 Å². The zero-order chi connectivity index (χ0) is 16.5. The molecule has 9 heteroatoms. The quantitative estimate of drug-likeness (QED) is 0.570. The molecule has 0 saturated heterocycles. The highest BCUT2D eigenvalue weighted by Gasteiger charge is 2.17. The molecule has 4 N–H and O–H groups in total. The fraction of sp³-hybridized carbons (Fsp3) is 0.286. The van der Waals surface area contributed by atoms with Gasteiger partial charge in [-0.05, 0) is 19.9 Å². The van der Waals surface area contributed by atoms with Gasteiger partial charge < -0.3 is 16.0 Å². The molecule has 0 spiro atoms. The second-order valence-corrected chi connectivity index (χ2v) is 5.71. The number of amides is 1. The Hall–Kier alpha value is -2.45. The Labute approximate surface area is 137 Å². The molecule has 0 unspecified atom stereocenters. The molecule has 124 valence electrons. The van der Waals surface area contributed by atoms with Crippen molar-refractivity contribution in [1.29, 1.82) is 0 Å².